The Hall–Kier alpha value is -1.38. The second-order valence-corrected chi connectivity index (χ2v) is 5.18. The topological polar surface area (TPSA) is 35.2 Å². The summed E-state index contributed by atoms with van der Waals surface area (Å²) in [4.78, 5) is 0. The van der Waals surface area contributed by atoms with Gasteiger partial charge in [0.05, 0.1) is 11.6 Å². The summed E-state index contributed by atoms with van der Waals surface area (Å²) in [6, 6.07) is 14.7. The lowest BCUT2D eigenvalue weighted by molar-refractivity contribution is -0.0472. The van der Waals surface area contributed by atoms with Gasteiger partial charge in [-0.15, -0.1) is 0 Å². The van der Waals surface area contributed by atoms with Crippen molar-refractivity contribution in [2.75, 3.05) is 6.61 Å². The summed E-state index contributed by atoms with van der Waals surface area (Å²) in [6.07, 6.45) is 0.898. The second-order valence-electron chi connectivity index (χ2n) is 5.18. The molecule has 2 N–H and O–H groups in total. The van der Waals surface area contributed by atoms with Crippen LogP contribution in [0.2, 0.25) is 0 Å². The maximum absolute atomic E-state index is 6.44. The molecule has 0 heterocycles. The van der Waals surface area contributed by atoms with Gasteiger partial charge >= 0.3 is 0 Å². The minimum absolute atomic E-state index is 0.109. The van der Waals surface area contributed by atoms with Crippen molar-refractivity contribution in [2.45, 2.75) is 38.8 Å². The SMILES string of the molecule is CCOC(C)(CC)C(N)c1ccc2ccccc2c1. The van der Waals surface area contributed by atoms with Crippen molar-refractivity contribution < 1.29 is 4.74 Å². The Morgan fingerprint density at radius 2 is 1.79 bits per heavy atom. The van der Waals surface area contributed by atoms with E-state index in [0.29, 0.717) is 6.61 Å². The summed E-state index contributed by atoms with van der Waals surface area (Å²) in [6.45, 7) is 6.92. The van der Waals surface area contributed by atoms with Gasteiger partial charge in [0.1, 0.15) is 0 Å². The highest BCUT2D eigenvalue weighted by Gasteiger charge is 2.31. The minimum atomic E-state index is -0.308. The van der Waals surface area contributed by atoms with Crippen LogP contribution >= 0.6 is 0 Å². The van der Waals surface area contributed by atoms with Gasteiger partial charge in [0.2, 0.25) is 0 Å². The third-order valence-electron chi connectivity index (χ3n) is 3.97. The highest BCUT2D eigenvalue weighted by atomic mass is 16.5. The Bertz CT molecular complexity index is 552. The van der Waals surface area contributed by atoms with E-state index in [4.69, 9.17) is 10.5 Å². The zero-order chi connectivity index (χ0) is 13.9. The molecular weight excluding hydrogens is 234 g/mol. The van der Waals surface area contributed by atoms with Crippen molar-refractivity contribution >= 4 is 10.8 Å². The summed E-state index contributed by atoms with van der Waals surface area (Å²) in [5.41, 5.74) is 7.26. The Morgan fingerprint density at radius 1 is 1.11 bits per heavy atom. The first-order valence-electron chi connectivity index (χ1n) is 6.99. The minimum Gasteiger partial charge on any atom is -0.374 e. The largest absolute Gasteiger partial charge is 0.374 e. The normalized spacial score (nSPS) is 16.2. The van der Waals surface area contributed by atoms with Crippen molar-refractivity contribution in [3.8, 4) is 0 Å². The average molecular weight is 257 g/mol. The molecule has 0 bridgehead atoms. The summed E-state index contributed by atoms with van der Waals surface area (Å²) >= 11 is 0. The summed E-state index contributed by atoms with van der Waals surface area (Å²) in [5.74, 6) is 0. The lowest BCUT2D eigenvalue weighted by atomic mass is 9.87. The molecule has 0 amide bonds. The van der Waals surface area contributed by atoms with Crippen LogP contribution in [0.3, 0.4) is 0 Å². The van der Waals surface area contributed by atoms with Crippen molar-refractivity contribution in [1.82, 2.24) is 0 Å². The maximum Gasteiger partial charge on any atom is 0.0843 e. The van der Waals surface area contributed by atoms with Crippen LogP contribution in [0.15, 0.2) is 42.5 Å². The number of rotatable bonds is 5. The molecule has 0 fully saturated rings. The molecule has 0 saturated carbocycles. The van der Waals surface area contributed by atoms with Crippen molar-refractivity contribution in [1.29, 1.82) is 0 Å². The average Bonchev–Trinajstić information content (AvgIpc) is 2.46. The zero-order valence-electron chi connectivity index (χ0n) is 12.0. The molecule has 2 nitrogen and oxygen atoms in total. The van der Waals surface area contributed by atoms with Crippen molar-refractivity contribution in [3.63, 3.8) is 0 Å². The number of ether oxygens (including phenoxy) is 1. The van der Waals surface area contributed by atoms with Crippen LogP contribution in [0.4, 0.5) is 0 Å². The smallest absolute Gasteiger partial charge is 0.0843 e. The van der Waals surface area contributed by atoms with E-state index in [1.807, 2.05) is 6.92 Å². The van der Waals surface area contributed by atoms with Gasteiger partial charge in [0.15, 0.2) is 0 Å². The van der Waals surface area contributed by atoms with Crippen LogP contribution in [0, 0.1) is 0 Å². The fourth-order valence-electron chi connectivity index (χ4n) is 2.50. The van der Waals surface area contributed by atoms with E-state index in [0.717, 1.165) is 12.0 Å². The molecule has 0 aromatic heterocycles. The summed E-state index contributed by atoms with van der Waals surface area (Å²) in [7, 11) is 0. The highest BCUT2D eigenvalue weighted by molar-refractivity contribution is 5.83. The van der Waals surface area contributed by atoms with Crippen LogP contribution < -0.4 is 5.73 Å². The molecule has 0 saturated heterocycles. The molecule has 0 aliphatic carbocycles. The van der Waals surface area contributed by atoms with E-state index in [1.54, 1.807) is 0 Å². The van der Waals surface area contributed by atoms with Gasteiger partial charge in [0, 0.05) is 6.61 Å². The van der Waals surface area contributed by atoms with Crippen LogP contribution in [-0.4, -0.2) is 12.2 Å². The first-order valence-corrected chi connectivity index (χ1v) is 6.99. The van der Waals surface area contributed by atoms with Gasteiger partial charge in [-0.05, 0) is 42.7 Å². The zero-order valence-corrected chi connectivity index (χ0v) is 12.0. The number of hydrogen-bond acceptors (Lipinski definition) is 2. The van der Waals surface area contributed by atoms with Gasteiger partial charge in [-0.25, -0.2) is 0 Å². The predicted molar refractivity (Wildman–Crippen MR) is 81.2 cm³/mol. The van der Waals surface area contributed by atoms with Crippen molar-refractivity contribution in [3.05, 3.63) is 48.0 Å². The Balaban J connectivity index is 2.37. The molecule has 2 unspecified atom stereocenters. The molecule has 2 aromatic rings. The third-order valence-corrected chi connectivity index (χ3v) is 3.97. The molecular formula is C17H23NO. The van der Waals surface area contributed by atoms with Crippen LogP contribution in [-0.2, 0) is 4.74 Å². The van der Waals surface area contributed by atoms with Crippen molar-refractivity contribution in [2.24, 2.45) is 5.73 Å². The van der Waals surface area contributed by atoms with Gasteiger partial charge in [-0.1, -0.05) is 43.3 Å². The standard InChI is InChI=1S/C17H23NO/c1-4-17(3,19-5-2)16(18)15-11-10-13-8-6-7-9-14(13)12-15/h6-12,16H,4-5,18H2,1-3H3. The first kappa shape index (κ1) is 14.0. The summed E-state index contributed by atoms with van der Waals surface area (Å²) < 4.78 is 5.88. The van der Waals surface area contributed by atoms with E-state index in [-0.39, 0.29) is 11.6 Å². The van der Waals surface area contributed by atoms with Crippen LogP contribution in [0.1, 0.15) is 38.8 Å². The van der Waals surface area contributed by atoms with E-state index in [1.165, 1.54) is 10.8 Å². The number of fused-ring (bicyclic) bond motifs is 1. The Morgan fingerprint density at radius 3 is 2.42 bits per heavy atom. The van der Waals surface area contributed by atoms with Crippen LogP contribution in [0.5, 0.6) is 0 Å². The molecule has 2 rings (SSSR count). The highest BCUT2D eigenvalue weighted by Crippen LogP contribution is 2.31. The van der Waals surface area contributed by atoms with E-state index in [9.17, 15) is 0 Å². The molecule has 2 aromatic carbocycles. The fourth-order valence-corrected chi connectivity index (χ4v) is 2.50. The third kappa shape index (κ3) is 2.80. The molecule has 2 atom stereocenters. The monoisotopic (exact) mass is 257 g/mol. The summed E-state index contributed by atoms with van der Waals surface area (Å²) in [5, 5.41) is 2.47. The maximum atomic E-state index is 6.44. The van der Waals surface area contributed by atoms with Gasteiger partial charge in [0.25, 0.3) is 0 Å². The fraction of sp³-hybridized carbons (Fsp3) is 0.412. The number of nitrogens with two attached hydrogens (primary N) is 1. The Kier molecular flexibility index (Phi) is 4.23. The first-order chi connectivity index (χ1) is 9.10. The molecule has 0 spiro atoms. The Labute approximate surface area is 115 Å². The molecule has 2 heteroatoms. The lowest BCUT2D eigenvalue weighted by Gasteiger charge is -2.34. The number of hydrogen-bond donors (Lipinski definition) is 1. The van der Waals surface area contributed by atoms with Crippen LogP contribution in [0.25, 0.3) is 10.8 Å². The second kappa shape index (κ2) is 5.72. The molecule has 0 radical (unpaired) electrons. The molecule has 19 heavy (non-hydrogen) atoms. The van der Waals surface area contributed by atoms with Gasteiger partial charge < -0.3 is 10.5 Å². The van der Waals surface area contributed by atoms with Gasteiger partial charge in [-0.3, -0.25) is 0 Å². The molecule has 0 aliphatic rings. The quantitative estimate of drug-likeness (QED) is 0.877. The van der Waals surface area contributed by atoms with E-state index < -0.39 is 0 Å². The van der Waals surface area contributed by atoms with E-state index in [2.05, 4.69) is 56.3 Å². The molecule has 102 valence electrons. The lowest BCUT2D eigenvalue weighted by Crippen LogP contribution is -2.40. The predicted octanol–water partition coefficient (Wildman–Crippen LogP) is 4.04. The van der Waals surface area contributed by atoms with E-state index >= 15 is 0 Å². The number of benzene rings is 2. The molecule has 0 aliphatic heterocycles. The van der Waals surface area contributed by atoms with Gasteiger partial charge in [-0.2, -0.15) is 0 Å².